The average molecular weight is 487 g/mol. The van der Waals surface area contributed by atoms with Gasteiger partial charge < -0.3 is 4.90 Å². The minimum Gasteiger partial charge on any atom is -0.311 e. The molecule has 0 saturated carbocycles. The van der Waals surface area contributed by atoms with Gasteiger partial charge in [-0.15, -0.1) is 17.9 Å². The number of allylic oxidation sites excluding steroid dienone is 1. The maximum Gasteiger partial charge on any atom is 0.263 e. The Balaban J connectivity index is 1.65. The van der Waals surface area contributed by atoms with Crippen molar-refractivity contribution < 1.29 is 4.79 Å². The molecule has 4 aromatic rings. The van der Waals surface area contributed by atoms with Crippen LogP contribution >= 0.6 is 23.1 Å². The summed E-state index contributed by atoms with van der Waals surface area (Å²) in [7, 11) is 0. The van der Waals surface area contributed by atoms with Gasteiger partial charge in [0.2, 0.25) is 5.91 Å². The number of nitrogens with zero attached hydrogens (tertiary/aromatic N) is 4. The lowest BCUT2D eigenvalue weighted by Crippen LogP contribution is -2.33. The summed E-state index contributed by atoms with van der Waals surface area (Å²) in [6, 6.07) is 21.1. The number of fused-ring (bicyclic) bond motifs is 1. The number of nitriles is 1. The molecule has 0 bridgehead atoms. The fraction of sp³-hybridized carbons (Fsp3) is 0.154. The van der Waals surface area contributed by atoms with E-state index in [1.165, 1.54) is 23.1 Å². The molecule has 1 amide bonds. The number of carbonyl (C=O) groups is 1. The lowest BCUT2D eigenvalue weighted by atomic mass is 10.1. The Kier molecular flexibility index (Phi) is 7.58. The number of carbonyl (C=O) groups excluding carboxylic acids is 1. The minimum atomic E-state index is -0.151. The zero-order chi connectivity index (χ0) is 23.9. The fourth-order valence-electron chi connectivity index (χ4n) is 3.61. The number of hydrogen-bond donors (Lipinski definition) is 0. The SMILES string of the molecule is C=CCn1c(SCC(=O)N(CCC#N)c2ccccc2)nc2scc(-c3ccccc3)c2c1=O. The van der Waals surface area contributed by atoms with E-state index >= 15 is 0 Å². The van der Waals surface area contributed by atoms with Crippen LogP contribution in [0.5, 0.6) is 0 Å². The summed E-state index contributed by atoms with van der Waals surface area (Å²) in [6.07, 6.45) is 1.88. The highest BCUT2D eigenvalue weighted by molar-refractivity contribution is 7.99. The van der Waals surface area contributed by atoms with E-state index in [1.807, 2.05) is 66.0 Å². The first kappa shape index (κ1) is 23.5. The van der Waals surface area contributed by atoms with Gasteiger partial charge in [0.05, 0.1) is 23.6 Å². The first-order valence-corrected chi connectivity index (χ1v) is 12.5. The number of hydrogen-bond acceptors (Lipinski definition) is 6. The first-order valence-electron chi connectivity index (χ1n) is 10.7. The number of thiophene rings is 1. The number of aromatic nitrogens is 2. The van der Waals surface area contributed by atoms with Crippen LogP contribution in [0.25, 0.3) is 21.3 Å². The normalized spacial score (nSPS) is 10.7. The smallest absolute Gasteiger partial charge is 0.263 e. The highest BCUT2D eigenvalue weighted by Gasteiger charge is 2.20. The van der Waals surface area contributed by atoms with E-state index in [2.05, 4.69) is 12.6 Å². The van der Waals surface area contributed by atoms with E-state index in [4.69, 9.17) is 10.2 Å². The van der Waals surface area contributed by atoms with E-state index in [1.54, 1.807) is 15.5 Å². The van der Waals surface area contributed by atoms with Gasteiger partial charge in [-0.25, -0.2) is 4.98 Å². The Hall–Kier alpha value is -3.67. The quantitative estimate of drug-likeness (QED) is 0.181. The molecule has 0 N–H and O–H groups in total. The van der Waals surface area contributed by atoms with Crippen molar-refractivity contribution in [1.29, 1.82) is 5.26 Å². The molecule has 6 nitrogen and oxygen atoms in total. The van der Waals surface area contributed by atoms with E-state index in [9.17, 15) is 9.59 Å². The number of rotatable bonds is 9. The predicted octanol–water partition coefficient (Wildman–Crippen LogP) is 5.35. The van der Waals surface area contributed by atoms with Crippen molar-refractivity contribution in [3.63, 3.8) is 0 Å². The molecule has 2 aromatic heterocycles. The molecule has 2 aromatic carbocycles. The molecule has 4 rings (SSSR count). The zero-order valence-electron chi connectivity index (χ0n) is 18.4. The van der Waals surface area contributed by atoms with Crippen molar-refractivity contribution in [3.8, 4) is 17.2 Å². The largest absolute Gasteiger partial charge is 0.311 e. The van der Waals surface area contributed by atoms with Crippen molar-refractivity contribution in [1.82, 2.24) is 9.55 Å². The van der Waals surface area contributed by atoms with Gasteiger partial charge in [-0.3, -0.25) is 14.2 Å². The van der Waals surface area contributed by atoms with Crippen LogP contribution in [-0.2, 0) is 11.3 Å². The van der Waals surface area contributed by atoms with Crippen LogP contribution in [0.4, 0.5) is 5.69 Å². The van der Waals surface area contributed by atoms with Crippen LogP contribution in [0, 0.1) is 11.3 Å². The summed E-state index contributed by atoms with van der Waals surface area (Å²) in [5, 5.41) is 12.0. The summed E-state index contributed by atoms with van der Waals surface area (Å²) < 4.78 is 1.56. The van der Waals surface area contributed by atoms with Gasteiger partial charge in [-0.1, -0.05) is 66.4 Å². The van der Waals surface area contributed by atoms with Crippen LogP contribution in [0.15, 0.2) is 88.6 Å². The molecule has 34 heavy (non-hydrogen) atoms. The summed E-state index contributed by atoms with van der Waals surface area (Å²) in [4.78, 5) is 33.5. The molecule has 0 aliphatic heterocycles. The van der Waals surface area contributed by atoms with Gasteiger partial charge in [0.25, 0.3) is 5.56 Å². The lowest BCUT2D eigenvalue weighted by Gasteiger charge is -2.21. The maximum absolute atomic E-state index is 13.5. The minimum absolute atomic E-state index is 0.0896. The number of anilines is 1. The molecular formula is C26H22N4O2S2. The van der Waals surface area contributed by atoms with Gasteiger partial charge in [0.1, 0.15) is 4.83 Å². The Morgan fingerprint density at radius 1 is 1.18 bits per heavy atom. The molecule has 0 saturated heterocycles. The number of para-hydroxylation sites is 1. The van der Waals surface area contributed by atoms with Crippen molar-refractivity contribution in [2.75, 3.05) is 17.2 Å². The predicted molar refractivity (Wildman–Crippen MR) is 139 cm³/mol. The summed E-state index contributed by atoms with van der Waals surface area (Å²) in [5.74, 6) is -0.0612. The molecule has 0 atom stereocenters. The number of benzene rings is 2. The first-order chi connectivity index (χ1) is 16.6. The number of thioether (sulfide) groups is 1. The summed E-state index contributed by atoms with van der Waals surface area (Å²) in [5.41, 5.74) is 2.41. The second-order valence-corrected chi connectivity index (χ2v) is 9.17. The van der Waals surface area contributed by atoms with Gasteiger partial charge in [0.15, 0.2) is 5.16 Å². The Morgan fingerprint density at radius 2 is 1.88 bits per heavy atom. The second kappa shape index (κ2) is 11.0. The fourth-order valence-corrected chi connectivity index (χ4v) is 5.48. The third kappa shape index (κ3) is 4.96. The molecule has 0 fully saturated rings. The van der Waals surface area contributed by atoms with E-state index in [0.717, 1.165) is 16.8 Å². The van der Waals surface area contributed by atoms with E-state index < -0.39 is 0 Å². The highest BCUT2D eigenvalue weighted by Crippen LogP contribution is 2.32. The summed E-state index contributed by atoms with van der Waals surface area (Å²) >= 11 is 2.64. The molecular weight excluding hydrogens is 464 g/mol. The van der Waals surface area contributed by atoms with Gasteiger partial charge in [-0.2, -0.15) is 5.26 Å². The Bertz CT molecular complexity index is 1410. The van der Waals surface area contributed by atoms with Crippen molar-refractivity contribution >= 4 is 44.9 Å². The maximum atomic E-state index is 13.5. The Labute approximate surface area is 205 Å². The van der Waals surface area contributed by atoms with Crippen molar-refractivity contribution in [2.24, 2.45) is 0 Å². The highest BCUT2D eigenvalue weighted by atomic mass is 32.2. The van der Waals surface area contributed by atoms with Crippen LogP contribution < -0.4 is 10.5 Å². The molecule has 2 heterocycles. The second-order valence-electron chi connectivity index (χ2n) is 7.37. The lowest BCUT2D eigenvalue weighted by molar-refractivity contribution is -0.116. The molecule has 8 heteroatoms. The van der Waals surface area contributed by atoms with Crippen LogP contribution in [0.1, 0.15) is 6.42 Å². The third-order valence-electron chi connectivity index (χ3n) is 5.20. The number of amides is 1. The van der Waals surface area contributed by atoms with Crippen LogP contribution in [0.2, 0.25) is 0 Å². The monoisotopic (exact) mass is 486 g/mol. The van der Waals surface area contributed by atoms with Crippen LogP contribution in [-0.4, -0.2) is 27.8 Å². The third-order valence-corrected chi connectivity index (χ3v) is 7.03. The molecule has 0 unspecified atom stereocenters. The topological polar surface area (TPSA) is 79.0 Å². The van der Waals surface area contributed by atoms with Crippen molar-refractivity contribution in [3.05, 3.63) is 89.1 Å². The van der Waals surface area contributed by atoms with Crippen molar-refractivity contribution in [2.45, 2.75) is 18.1 Å². The standard InChI is InChI=1S/C26H22N4O2S2/c1-2-15-30-25(32)23-21(19-10-5-3-6-11-19)17-33-24(23)28-26(30)34-18-22(31)29(16-9-14-27)20-12-7-4-8-13-20/h2-8,10-13,17H,1,9,15-16,18H2. The van der Waals surface area contributed by atoms with E-state index in [0.29, 0.717) is 28.5 Å². The van der Waals surface area contributed by atoms with Crippen LogP contribution in [0.3, 0.4) is 0 Å². The molecule has 170 valence electrons. The zero-order valence-corrected chi connectivity index (χ0v) is 20.0. The average Bonchev–Trinajstić information content (AvgIpc) is 3.30. The summed E-state index contributed by atoms with van der Waals surface area (Å²) in [6.45, 7) is 4.38. The molecule has 0 aliphatic rings. The van der Waals surface area contributed by atoms with Gasteiger partial charge >= 0.3 is 0 Å². The molecule has 0 radical (unpaired) electrons. The Morgan fingerprint density at radius 3 is 2.56 bits per heavy atom. The van der Waals surface area contributed by atoms with E-state index in [-0.39, 0.29) is 23.6 Å². The molecule has 0 aliphatic carbocycles. The molecule has 0 spiro atoms. The van der Waals surface area contributed by atoms with Gasteiger partial charge in [-0.05, 0) is 17.7 Å². The van der Waals surface area contributed by atoms with Gasteiger partial charge in [0, 0.05) is 29.7 Å².